The molecule has 0 N–H and O–H groups in total. The quantitative estimate of drug-likeness (QED) is 0.635. The molecule has 3 rings (SSSR count). The molecule has 15 heavy (non-hydrogen) atoms. The second kappa shape index (κ2) is 3.26. The summed E-state index contributed by atoms with van der Waals surface area (Å²) in [5.41, 5.74) is 1.76. The van der Waals surface area contributed by atoms with Gasteiger partial charge in [-0.2, -0.15) is 0 Å². The van der Waals surface area contributed by atoms with E-state index in [1.54, 1.807) is 0 Å². The van der Waals surface area contributed by atoms with Crippen molar-refractivity contribution in [2.45, 2.75) is 6.42 Å². The molecule has 0 saturated carbocycles. The summed E-state index contributed by atoms with van der Waals surface area (Å²) in [5.74, 6) is 1.07. The highest BCUT2D eigenvalue weighted by Crippen LogP contribution is 2.20. The van der Waals surface area contributed by atoms with E-state index < -0.39 is 0 Å². The molecule has 1 aliphatic rings. The van der Waals surface area contributed by atoms with Gasteiger partial charge in [0.1, 0.15) is 13.7 Å². The van der Waals surface area contributed by atoms with Crippen LogP contribution in [0, 0.1) is 0 Å². The van der Waals surface area contributed by atoms with Gasteiger partial charge in [0.05, 0.1) is 5.52 Å². The van der Waals surface area contributed by atoms with E-state index in [4.69, 9.17) is 7.85 Å². The van der Waals surface area contributed by atoms with Crippen LogP contribution in [0.15, 0.2) is 30.3 Å². The second-order valence-corrected chi connectivity index (χ2v) is 3.96. The fraction of sp³-hybridized carbons (Fsp3) is 0.250. The van der Waals surface area contributed by atoms with E-state index in [-0.39, 0.29) is 0 Å². The fourth-order valence-corrected chi connectivity index (χ4v) is 1.84. The summed E-state index contributed by atoms with van der Waals surface area (Å²) in [4.78, 5) is 6.88. The Morgan fingerprint density at radius 1 is 1.13 bits per heavy atom. The Kier molecular flexibility index (Phi) is 1.91. The summed E-state index contributed by atoms with van der Waals surface area (Å²) in [5, 5.41) is 1.15. The maximum absolute atomic E-state index is 5.74. The molecule has 0 bridgehead atoms. The van der Waals surface area contributed by atoms with Crippen LogP contribution >= 0.6 is 0 Å². The van der Waals surface area contributed by atoms with Crippen molar-refractivity contribution in [3.05, 3.63) is 30.3 Å². The van der Waals surface area contributed by atoms with Crippen LogP contribution in [0.3, 0.4) is 0 Å². The number of fused-ring (bicyclic) bond motifs is 1. The predicted octanol–water partition coefficient (Wildman–Crippen LogP) is 1.24. The normalized spacial score (nSPS) is 15.3. The Morgan fingerprint density at radius 3 is 2.67 bits per heavy atom. The number of benzene rings is 1. The zero-order chi connectivity index (χ0) is 10.3. The summed E-state index contributed by atoms with van der Waals surface area (Å²) in [7, 11) is 5.74. The Hall–Kier alpha value is -1.51. The van der Waals surface area contributed by atoms with Gasteiger partial charge in [-0.1, -0.05) is 17.6 Å². The maximum Gasteiger partial charge on any atom is 0.129 e. The average Bonchev–Trinajstić information content (AvgIpc) is 2.14. The van der Waals surface area contributed by atoms with Gasteiger partial charge in [0.25, 0.3) is 0 Å². The minimum absolute atomic E-state index is 0.774. The van der Waals surface area contributed by atoms with Gasteiger partial charge in [-0.3, -0.25) is 0 Å². The van der Waals surface area contributed by atoms with E-state index in [0.717, 1.165) is 35.3 Å². The molecule has 0 amide bonds. The van der Waals surface area contributed by atoms with Crippen LogP contribution in [0.2, 0.25) is 0 Å². The molecule has 1 aliphatic heterocycles. The van der Waals surface area contributed by atoms with Crippen molar-refractivity contribution in [2.75, 3.05) is 18.0 Å². The summed E-state index contributed by atoms with van der Waals surface area (Å²) in [6, 6.07) is 10.0. The number of hydrogen-bond acceptors (Lipinski definition) is 2. The van der Waals surface area contributed by atoms with Crippen LogP contribution in [0.5, 0.6) is 0 Å². The first-order valence-electron chi connectivity index (χ1n) is 5.24. The Balaban J connectivity index is 2.11. The van der Waals surface area contributed by atoms with Crippen LogP contribution in [-0.2, 0) is 0 Å². The van der Waals surface area contributed by atoms with Crippen LogP contribution in [0.25, 0.3) is 10.9 Å². The standard InChI is InChI=1S/C12H11BN2/c13-10-4-2-9-3-5-12(14-11(9)8-10)15-6-1-7-15/h2-5,8H,1,6-7H2. The van der Waals surface area contributed by atoms with Crippen LogP contribution in [0.4, 0.5) is 5.82 Å². The second-order valence-electron chi connectivity index (χ2n) is 3.96. The molecule has 3 heteroatoms. The summed E-state index contributed by atoms with van der Waals surface area (Å²) < 4.78 is 0. The number of hydrogen-bond donors (Lipinski definition) is 0. The maximum atomic E-state index is 5.74. The molecular formula is C12H11BN2. The molecule has 0 spiro atoms. The highest BCUT2D eigenvalue weighted by atomic mass is 15.2. The van der Waals surface area contributed by atoms with E-state index in [1.165, 1.54) is 6.42 Å². The zero-order valence-corrected chi connectivity index (χ0v) is 8.48. The first-order chi connectivity index (χ1) is 7.33. The molecule has 2 aromatic rings. The van der Waals surface area contributed by atoms with Crippen LogP contribution in [-0.4, -0.2) is 25.9 Å². The van der Waals surface area contributed by atoms with E-state index in [0.29, 0.717) is 0 Å². The molecule has 1 saturated heterocycles. The van der Waals surface area contributed by atoms with E-state index in [9.17, 15) is 0 Å². The molecule has 0 unspecified atom stereocenters. The largest absolute Gasteiger partial charge is 0.356 e. The highest BCUT2D eigenvalue weighted by molar-refractivity contribution is 6.33. The van der Waals surface area contributed by atoms with Gasteiger partial charge in [-0.15, -0.1) is 0 Å². The number of pyridine rings is 1. The first kappa shape index (κ1) is 8.78. The summed E-state index contributed by atoms with van der Waals surface area (Å²) in [6.45, 7) is 2.25. The Bertz CT molecular complexity index is 506. The SMILES string of the molecule is [B]c1ccc2ccc(N3CCC3)nc2c1. The number of anilines is 1. The molecule has 1 aromatic carbocycles. The third-order valence-electron chi connectivity index (χ3n) is 2.88. The van der Waals surface area contributed by atoms with Gasteiger partial charge < -0.3 is 4.90 Å². The van der Waals surface area contributed by atoms with E-state index >= 15 is 0 Å². The van der Waals surface area contributed by atoms with Crippen molar-refractivity contribution in [3.8, 4) is 0 Å². The van der Waals surface area contributed by atoms with E-state index in [1.807, 2.05) is 18.2 Å². The van der Waals surface area contributed by atoms with Gasteiger partial charge in [0.15, 0.2) is 0 Å². The number of aromatic nitrogens is 1. The molecule has 1 fully saturated rings. The molecule has 2 radical (unpaired) electrons. The summed E-state index contributed by atoms with van der Waals surface area (Å²) in [6.07, 6.45) is 1.27. The first-order valence-corrected chi connectivity index (χ1v) is 5.24. The molecular weight excluding hydrogens is 183 g/mol. The van der Waals surface area contributed by atoms with Crippen molar-refractivity contribution in [1.82, 2.24) is 4.98 Å². The molecule has 2 heterocycles. The monoisotopic (exact) mass is 194 g/mol. The lowest BCUT2D eigenvalue weighted by atomic mass is 9.95. The molecule has 2 nitrogen and oxygen atoms in total. The fourth-order valence-electron chi connectivity index (χ4n) is 1.84. The van der Waals surface area contributed by atoms with Crippen LogP contribution < -0.4 is 10.4 Å². The minimum atomic E-state index is 0.774. The van der Waals surface area contributed by atoms with Crippen molar-refractivity contribution in [3.63, 3.8) is 0 Å². The number of nitrogens with zero attached hydrogens (tertiary/aromatic N) is 2. The van der Waals surface area contributed by atoms with Crippen molar-refractivity contribution in [1.29, 1.82) is 0 Å². The molecule has 1 aromatic heterocycles. The van der Waals surface area contributed by atoms with E-state index in [2.05, 4.69) is 22.0 Å². The average molecular weight is 194 g/mol. The minimum Gasteiger partial charge on any atom is -0.356 e. The van der Waals surface area contributed by atoms with Gasteiger partial charge in [-0.25, -0.2) is 4.98 Å². The zero-order valence-electron chi connectivity index (χ0n) is 8.48. The predicted molar refractivity (Wildman–Crippen MR) is 64.0 cm³/mol. The Labute approximate surface area is 90.3 Å². The van der Waals surface area contributed by atoms with Crippen molar-refractivity contribution >= 4 is 30.0 Å². The topological polar surface area (TPSA) is 16.1 Å². The molecule has 0 atom stereocenters. The van der Waals surface area contributed by atoms with Gasteiger partial charge in [-0.05, 0) is 24.6 Å². The number of rotatable bonds is 1. The van der Waals surface area contributed by atoms with Gasteiger partial charge in [0, 0.05) is 18.5 Å². The van der Waals surface area contributed by atoms with Crippen molar-refractivity contribution in [2.24, 2.45) is 0 Å². The lowest BCUT2D eigenvalue weighted by Crippen LogP contribution is -2.37. The van der Waals surface area contributed by atoms with Crippen LogP contribution in [0.1, 0.15) is 6.42 Å². The smallest absolute Gasteiger partial charge is 0.129 e. The van der Waals surface area contributed by atoms with Gasteiger partial charge >= 0.3 is 0 Å². The lowest BCUT2D eigenvalue weighted by molar-refractivity contribution is 0.611. The highest BCUT2D eigenvalue weighted by Gasteiger charge is 2.15. The summed E-state index contributed by atoms with van der Waals surface area (Å²) >= 11 is 0. The third-order valence-corrected chi connectivity index (χ3v) is 2.88. The molecule has 0 aliphatic carbocycles. The lowest BCUT2D eigenvalue weighted by Gasteiger charge is -2.32. The third kappa shape index (κ3) is 1.48. The molecule has 72 valence electrons. The Morgan fingerprint density at radius 2 is 1.93 bits per heavy atom. The van der Waals surface area contributed by atoms with Gasteiger partial charge in [0.2, 0.25) is 0 Å². The van der Waals surface area contributed by atoms with Crippen molar-refractivity contribution < 1.29 is 0 Å².